The molecule has 5 N–H and O–H groups in total. The van der Waals surface area contributed by atoms with Crippen LogP contribution in [0.2, 0.25) is 5.02 Å². The zero-order chi connectivity index (χ0) is 21.5. The van der Waals surface area contributed by atoms with E-state index >= 15 is 0 Å². The van der Waals surface area contributed by atoms with Gasteiger partial charge in [0.25, 0.3) is 0 Å². The van der Waals surface area contributed by atoms with Crippen molar-refractivity contribution in [3.05, 3.63) is 70.4 Å². The Morgan fingerprint density at radius 1 is 1.03 bits per heavy atom. The Labute approximate surface area is 181 Å². The van der Waals surface area contributed by atoms with E-state index in [0.29, 0.717) is 34.8 Å². The number of pyridine rings is 1. The van der Waals surface area contributed by atoms with Crippen LogP contribution >= 0.6 is 11.6 Å². The first-order chi connectivity index (χ1) is 14.4. The summed E-state index contributed by atoms with van der Waals surface area (Å²) in [6.45, 7) is 0. The standard InChI is InChI=1S/C24H23ClN4O/c25-19-12-11-18-15-29-24(28)20(21(18)14-19)13-8-16-6-9-17(10-7-16)22(30)4-2-1-3-5-23(26)27/h6-7,9-12,14-15H,1-5H2,(H3,26,27)(H2,28,29). The molecule has 1 aromatic heterocycles. The average Bonchev–Trinajstić information content (AvgIpc) is 2.73. The second kappa shape index (κ2) is 9.91. The first kappa shape index (κ1) is 21.4. The van der Waals surface area contributed by atoms with Crippen LogP contribution in [0.5, 0.6) is 0 Å². The maximum atomic E-state index is 12.3. The molecule has 0 atom stereocenters. The zero-order valence-corrected chi connectivity index (χ0v) is 17.3. The average molecular weight is 419 g/mol. The molecule has 152 valence electrons. The highest BCUT2D eigenvalue weighted by molar-refractivity contribution is 6.31. The van der Waals surface area contributed by atoms with Crippen LogP contribution in [-0.4, -0.2) is 16.6 Å². The minimum Gasteiger partial charge on any atom is -0.388 e. The number of unbranched alkanes of at least 4 members (excludes halogenated alkanes) is 2. The van der Waals surface area contributed by atoms with Crippen molar-refractivity contribution >= 4 is 39.8 Å². The van der Waals surface area contributed by atoms with Crippen molar-refractivity contribution in [1.29, 1.82) is 5.41 Å². The maximum Gasteiger partial charge on any atom is 0.162 e. The highest BCUT2D eigenvalue weighted by atomic mass is 35.5. The van der Waals surface area contributed by atoms with Crippen LogP contribution in [0.25, 0.3) is 10.8 Å². The molecule has 0 amide bonds. The molecule has 0 fully saturated rings. The molecule has 0 saturated heterocycles. The molecule has 0 spiro atoms. The lowest BCUT2D eigenvalue weighted by Crippen LogP contribution is -2.08. The van der Waals surface area contributed by atoms with Crippen LogP contribution in [0.15, 0.2) is 48.7 Å². The Bertz CT molecular complexity index is 1140. The molecular formula is C24H23ClN4O. The fourth-order valence-corrected chi connectivity index (χ4v) is 3.30. The quantitative estimate of drug-likeness (QED) is 0.166. The largest absolute Gasteiger partial charge is 0.388 e. The van der Waals surface area contributed by atoms with Crippen molar-refractivity contribution in [1.82, 2.24) is 4.98 Å². The number of hydrogen-bond donors (Lipinski definition) is 3. The van der Waals surface area contributed by atoms with Gasteiger partial charge in [-0.15, -0.1) is 0 Å². The number of amidine groups is 1. The van der Waals surface area contributed by atoms with Crippen molar-refractivity contribution < 1.29 is 4.79 Å². The number of carbonyl (C=O) groups is 1. The Hall–Kier alpha value is -3.36. The molecule has 3 aromatic rings. The fourth-order valence-electron chi connectivity index (χ4n) is 3.13. The minimum absolute atomic E-state index is 0.106. The number of fused-ring (bicyclic) bond motifs is 1. The van der Waals surface area contributed by atoms with Gasteiger partial charge in [0.05, 0.1) is 11.4 Å². The van der Waals surface area contributed by atoms with Crippen LogP contribution in [0.3, 0.4) is 0 Å². The Morgan fingerprint density at radius 3 is 2.50 bits per heavy atom. The number of carbonyl (C=O) groups excluding carboxylic acids is 1. The maximum absolute atomic E-state index is 12.3. The normalized spacial score (nSPS) is 10.4. The highest BCUT2D eigenvalue weighted by Gasteiger charge is 2.07. The second-order valence-electron chi connectivity index (χ2n) is 7.09. The third-order valence-corrected chi connectivity index (χ3v) is 5.01. The van der Waals surface area contributed by atoms with Gasteiger partial charge in [0.1, 0.15) is 5.82 Å². The topological polar surface area (TPSA) is 106 Å². The molecule has 0 radical (unpaired) electrons. The number of anilines is 1. The molecular weight excluding hydrogens is 396 g/mol. The monoisotopic (exact) mass is 418 g/mol. The molecule has 0 aliphatic carbocycles. The number of hydrogen-bond acceptors (Lipinski definition) is 4. The van der Waals surface area contributed by atoms with Crippen molar-refractivity contribution in [3.63, 3.8) is 0 Å². The first-order valence-corrected chi connectivity index (χ1v) is 10.1. The lowest BCUT2D eigenvalue weighted by molar-refractivity contribution is 0.0979. The van der Waals surface area contributed by atoms with Crippen molar-refractivity contribution in [2.24, 2.45) is 5.73 Å². The highest BCUT2D eigenvalue weighted by Crippen LogP contribution is 2.25. The van der Waals surface area contributed by atoms with Gasteiger partial charge in [-0.1, -0.05) is 48.1 Å². The first-order valence-electron chi connectivity index (χ1n) is 9.76. The summed E-state index contributed by atoms with van der Waals surface area (Å²) in [5, 5.41) is 9.59. The molecule has 6 heteroatoms. The molecule has 0 saturated carbocycles. The van der Waals surface area contributed by atoms with E-state index in [1.807, 2.05) is 24.3 Å². The predicted octanol–water partition coefficient (Wildman–Crippen LogP) is 4.94. The summed E-state index contributed by atoms with van der Waals surface area (Å²) in [6, 6.07) is 12.8. The SMILES string of the molecule is N=C(N)CCCCCC(=O)c1ccc(C#Cc2c(N)ncc3ccc(Cl)cc23)cc1. The van der Waals surface area contributed by atoms with Crippen LogP contribution in [0.4, 0.5) is 5.82 Å². The van der Waals surface area contributed by atoms with Gasteiger partial charge in [-0.25, -0.2) is 4.98 Å². The van der Waals surface area contributed by atoms with E-state index in [-0.39, 0.29) is 11.6 Å². The fraction of sp³-hybridized carbons (Fsp3) is 0.208. The van der Waals surface area contributed by atoms with E-state index < -0.39 is 0 Å². The van der Waals surface area contributed by atoms with Crippen molar-refractivity contribution in [3.8, 4) is 11.8 Å². The summed E-state index contributed by atoms with van der Waals surface area (Å²) < 4.78 is 0. The second-order valence-corrected chi connectivity index (χ2v) is 7.52. The van der Waals surface area contributed by atoms with Gasteiger partial charge in [-0.3, -0.25) is 10.2 Å². The Balaban J connectivity index is 1.69. The third kappa shape index (κ3) is 5.59. The number of nitrogens with one attached hydrogen (secondary N) is 1. The number of aromatic nitrogens is 1. The van der Waals surface area contributed by atoms with Gasteiger partial charge < -0.3 is 11.5 Å². The van der Waals surface area contributed by atoms with E-state index in [4.69, 9.17) is 28.5 Å². The molecule has 3 rings (SSSR count). The molecule has 2 aromatic carbocycles. The molecule has 0 bridgehead atoms. The Morgan fingerprint density at radius 2 is 1.77 bits per heavy atom. The van der Waals surface area contributed by atoms with E-state index in [1.54, 1.807) is 24.4 Å². The van der Waals surface area contributed by atoms with Crippen molar-refractivity contribution in [2.45, 2.75) is 32.1 Å². The van der Waals surface area contributed by atoms with E-state index in [1.165, 1.54) is 0 Å². The lowest BCUT2D eigenvalue weighted by Gasteiger charge is -2.04. The van der Waals surface area contributed by atoms with Crippen LogP contribution < -0.4 is 11.5 Å². The number of nitrogens with zero attached hydrogens (tertiary/aromatic N) is 1. The number of benzene rings is 2. The summed E-state index contributed by atoms with van der Waals surface area (Å²) in [5.41, 5.74) is 13.5. The summed E-state index contributed by atoms with van der Waals surface area (Å²) >= 11 is 6.12. The zero-order valence-electron chi connectivity index (χ0n) is 16.5. The predicted molar refractivity (Wildman–Crippen MR) is 123 cm³/mol. The van der Waals surface area contributed by atoms with Crippen LogP contribution in [0, 0.1) is 17.3 Å². The van der Waals surface area contributed by atoms with E-state index in [9.17, 15) is 4.79 Å². The number of Topliss-reactive ketones (excluding diaryl/α,β-unsaturated/α-hetero) is 1. The summed E-state index contributed by atoms with van der Waals surface area (Å²) in [6.07, 6.45) is 5.30. The van der Waals surface area contributed by atoms with Gasteiger partial charge in [-0.05, 0) is 37.1 Å². The van der Waals surface area contributed by atoms with Crippen LogP contribution in [-0.2, 0) is 0 Å². The Kier molecular flexibility index (Phi) is 7.05. The molecule has 30 heavy (non-hydrogen) atoms. The summed E-state index contributed by atoms with van der Waals surface area (Å²) in [4.78, 5) is 16.5. The number of ketones is 1. The van der Waals surface area contributed by atoms with Crippen LogP contribution in [0.1, 0.15) is 53.6 Å². The number of nitrogen functional groups attached to an aromatic ring is 1. The van der Waals surface area contributed by atoms with Gasteiger partial charge in [0.2, 0.25) is 0 Å². The number of halogens is 1. The van der Waals surface area contributed by atoms with Gasteiger partial charge >= 0.3 is 0 Å². The number of nitrogens with two attached hydrogens (primary N) is 2. The lowest BCUT2D eigenvalue weighted by atomic mass is 10.0. The molecule has 0 aliphatic heterocycles. The summed E-state index contributed by atoms with van der Waals surface area (Å²) in [7, 11) is 0. The molecule has 0 unspecified atom stereocenters. The van der Waals surface area contributed by atoms with Crippen molar-refractivity contribution in [2.75, 3.05) is 5.73 Å². The summed E-state index contributed by atoms with van der Waals surface area (Å²) in [5.74, 6) is 6.85. The van der Waals surface area contributed by atoms with Gasteiger partial charge in [0.15, 0.2) is 5.78 Å². The van der Waals surface area contributed by atoms with Gasteiger partial charge in [0, 0.05) is 46.0 Å². The molecule has 1 heterocycles. The minimum atomic E-state index is 0.106. The third-order valence-electron chi connectivity index (χ3n) is 4.77. The molecule has 0 aliphatic rings. The van der Waals surface area contributed by atoms with E-state index in [2.05, 4.69) is 16.8 Å². The smallest absolute Gasteiger partial charge is 0.162 e. The van der Waals surface area contributed by atoms with E-state index in [0.717, 1.165) is 35.6 Å². The van der Waals surface area contributed by atoms with Gasteiger partial charge in [-0.2, -0.15) is 0 Å². The molecule has 5 nitrogen and oxygen atoms in total. The number of rotatable bonds is 7.